The summed E-state index contributed by atoms with van der Waals surface area (Å²) in [5.41, 5.74) is -0.906. The number of hydrogen-bond donors (Lipinski definition) is 0. The fourth-order valence-corrected chi connectivity index (χ4v) is 4.62. The van der Waals surface area contributed by atoms with Crippen LogP contribution in [-0.2, 0) is 6.18 Å². The van der Waals surface area contributed by atoms with Crippen LogP contribution < -0.4 is 4.90 Å². The molecule has 5 heterocycles. The molecule has 1 saturated heterocycles. The Morgan fingerprint density at radius 2 is 1.97 bits per heavy atom. The number of halogens is 4. The van der Waals surface area contributed by atoms with Gasteiger partial charge in [-0.15, -0.1) is 11.3 Å². The van der Waals surface area contributed by atoms with Crippen molar-refractivity contribution in [1.29, 1.82) is 0 Å². The summed E-state index contributed by atoms with van der Waals surface area (Å²) in [6.07, 6.45) is 1.14. The largest absolute Gasteiger partial charge is 0.472 e. The van der Waals surface area contributed by atoms with Crippen molar-refractivity contribution < 1.29 is 22.4 Å². The lowest BCUT2D eigenvalue weighted by atomic mass is 10.1. The van der Waals surface area contributed by atoms with Crippen LogP contribution in [0.2, 0.25) is 5.15 Å². The van der Waals surface area contributed by atoms with E-state index in [4.69, 9.17) is 16.0 Å². The van der Waals surface area contributed by atoms with Gasteiger partial charge < -0.3 is 14.2 Å². The number of anilines is 1. The molecule has 0 aromatic carbocycles. The maximum absolute atomic E-state index is 13.8. The van der Waals surface area contributed by atoms with Gasteiger partial charge in [0.15, 0.2) is 16.5 Å². The molecule has 0 atom stereocenters. The number of aromatic nitrogens is 3. The highest BCUT2D eigenvalue weighted by molar-refractivity contribution is 7.13. The molecule has 1 fully saturated rings. The number of furan rings is 1. The summed E-state index contributed by atoms with van der Waals surface area (Å²) in [4.78, 5) is 25.0. The first-order valence-corrected chi connectivity index (χ1v) is 10.8. The van der Waals surface area contributed by atoms with E-state index >= 15 is 0 Å². The molecular formula is C20H15ClF3N5O2S. The summed E-state index contributed by atoms with van der Waals surface area (Å²) in [5, 5.41) is 2.58. The predicted octanol–water partition coefficient (Wildman–Crippen LogP) is 4.69. The molecule has 1 aliphatic rings. The van der Waals surface area contributed by atoms with Crippen molar-refractivity contribution in [3.8, 4) is 11.1 Å². The minimum absolute atomic E-state index is 0.164. The van der Waals surface area contributed by atoms with Crippen LogP contribution in [-0.4, -0.2) is 51.4 Å². The number of imidazole rings is 1. The number of piperazine rings is 1. The lowest BCUT2D eigenvalue weighted by Crippen LogP contribution is -2.49. The van der Waals surface area contributed by atoms with Crippen molar-refractivity contribution >= 4 is 39.6 Å². The van der Waals surface area contributed by atoms with Crippen molar-refractivity contribution in [3.63, 3.8) is 0 Å². The summed E-state index contributed by atoms with van der Waals surface area (Å²) in [6.45, 7) is 1.88. The Kier molecular flexibility index (Phi) is 5.09. The highest BCUT2D eigenvalue weighted by atomic mass is 35.5. The van der Waals surface area contributed by atoms with E-state index in [1.807, 2.05) is 5.38 Å². The van der Waals surface area contributed by atoms with E-state index in [2.05, 4.69) is 14.9 Å². The van der Waals surface area contributed by atoms with Gasteiger partial charge in [0.25, 0.3) is 5.91 Å². The molecule has 166 valence electrons. The van der Waals surface area contributed by atoms with Gasteiger partial charge in [-0.3, -0.25) is 9.20 Å². The molecule has 1 amide bonds. The van der Waals surface area contributed by atoms with E-state index in [0.717, 1.165) is 15.6 Å². The molecule has 1 aliphatic heterocycles. The van der Waals surface area contributed by atoms with Gasteiger partial charge >= 0.3 is 6.18 Å². The molecule has 0 unspecified atom stereocenters. The number of pyridine rings is 1. The second-order valence-corrected chi connectivity index (χ2v) is 8.42. The Morgan fingerprint density at radius 1 is 1.19 bits per heavy atom. The van der Waals surface area contributed by atoms with Gasteiger partial charge in [-0.25, -0.2) is 9.97 Å². The minimum Gasteiger partial charge on any atom is -0.472 e. The van der Waals surface area contributed by atoms with E-state index in [9.17, 15) is 18.0 Å². The molecule has 4 aromatic rings. The number of hydrogen-bond acceptors (Lipinski definition) is 6. The van der Waals surface area contributed by atoms with Crippen molar-refractivity contribution in [3.05, 3.63) is 58.8 Å². The first kappa shape index (κ1) is 20.8. The van der Waals surface area contributed by atoms with Crippen molar-refractivity contribution in [2.75, 3.05) is 31.1 Å². The Hall–Kier alpha value is -3.05. The average Bonchev–Trinajstić information content (AvgIpc) is 3.54. The smallest absolute Gasteiger partial charge is 0.420 e. The fraction of sp³-hybridized carbons (Fsp3) is 0.250. The summed E-state index contributed by atoms with van der Waals surface area (Å²) in [5.74, 6) is -0.504. The molecule has 32 heavy (non-hydrogen) atoms. The van der Waals surface area contributed by atoms with Crippen molar-refractivity contribution in [1.82, 2.24) is 19.3 Å². The summed E-state index contributed by atoms with van der Waals surface area (Å²) in [7, 11) is 0. The van der Waals surface area contributed by atoms with Gasteiger partial charge in [0, 0.05) is 55.1 Å². The normalized spacial score (nSPS) is 15.0. The summed E-state index contributed by atoms with van der Waals surface area (Å²) >= 11 is 7.89. The van der Waals surface area contributed by atoms with E-state index < -0.39 is 23.3 Å². The average molecular weight is 482 g/mol. The van der Waals surface area contributed by atoms with Gasteiger partial charge in [0.1, 0.15) is 5.15 Å². The van der Waals surface area contributed by atoms with Crippen LogP contribution >= 0.6 is 22.9 Å². The predicted molar refractivity (Wildman–Crippen MR) is 113 cm³/mol. The van der Waals surface area contributed by atoms with Gasteiger partial charge in [0.05, 0.1) is 18.1 Å². The van der Waals surface area contributed by atoms with Crippen LogP contribution in [0.1, 0.15) is 16.1 Å². The molecule has 7 nitrogen and oxygen atoms in total. The monoisotopic (exact) mass is 481 g/mol. The highest BCUT2D eigenvalue weighted by Crippen LogP contribution is 2.37. The molecule has 0 N–H and O–H groups in total. The number of amides is 1. The van der Waals surface area contributed by atoms with Crippen LogP contribution in [0.15, 0.2) is 46.8 Å². The second kappa shape index (κ2) is 7.82. The Labute approximate surface area is 188 Å². The lowest BCUT2D eigenvalue weighted by Gasteiger charge is -2.34. The van der Waals surface area contributed by atoms with Crippen LogP contribution in [0.25, 0.3) is 16.8 Å². The molecular weight excluding hydrogens is 467 g/mol. The van der Waals surface area contributed by atoms with Crippen LogP contribution in [0.4, 0.5) is 18.3 Å². The zero-order valence-corrected chi connectivity index (χ0v) is 17.9. The molecule has 0 saturated carbocycles. The quantitative estimate of drug-likeness (QED) is 0.425. The highest BCUT2D eigenvalue weighted by Gasteiger charge is 2.37. The van der Waals surface area contributed by atoms with Gasteiger partial charge in [0.2, 0.25) is 0 Å². The SMILES string of the molecule is O=C(c1nc2c(C(F)(F)F)cc(-c3ccoc3)cn2c1Cl)N1CCN(c2nccs2)CC1. The molecule has 0 spiro atoms. The van der Waals surface area contributed by atoms with Gasteiger partial charge in [-0.1, -0.05) is 11.6 Å². The molecule has 0 radical (unpaired) electrons. The Bertz CT molecular complexity index is 1260. The van der Waals surface area contributed by atoms with Gasteiger partial charge in [-0.2, -0.15) is 13.2 Å². The number of nitrogens with zero attached hydrogens (tertiary/aromatic N) is 5. The third-order valence-corrected chi connectivity index (χ3v) is 6.47. The number of alkyl halides is 3. The molecule has 4 aromatic heterocycles. The summed E-state index contributed by atoms with van der Waals surface area (Å²) in [6, 6.07) is 2.52. The van der Waals surface area contributed by atoms with Crippen molar-refractivity contribution in [2.45, 2.75) is 6.18 Å². The zero-order chi connectivity index (χ0) is 22.5. The number of thiazole rings is 1. The first-order chi connectivity index (χ1) is 15.3. The maximum atomic E-state index is 13.8. The first-order valence-electron chi connectivity index (χ1n) is 9.58. The standard InChI is InChI=1S/C20H15ClF3N5O2S/c21-16-15(18(30)27-3-5-28(6-4-27)19-25-2-8-32-19)26-17-14(20(22,23)24)9-13(10-29(16)17)12-1-7-31-11-12/h1-2,7-11H,3-6H2. The lowest BCUT2D eigenvalue weighted by molar-refractivity contribution is -0.136. The van der Waals surface area contributed by atoms with Gasteiger partial charge in [-0.05, 0) is 12.1 Å². The minimum atomic E-state index is -4.69. The van der Waals surface area contributed by atoms with E-state index in [-0.39, 0.29) is 16.4 Å². The molecule has 0 aliphatic carbocycles. The molecule has 5 rings (SSSR count). The number of fused-ring (bicyclic) bond motifs is 1. The van der Waals surface area contributed by atoms with Crippen LogP contribution in [0.3, 0.4) is 0 Å². The summed E-state index contributed by atoms with van der Waals surface area (Å²) < 4.78 is 47.5. The third kappa shape index (κ3) is 3.61. The van der Waals surface area contributed by atoms with Crippen molar-refractivity contribution in [2.24, 2.45) is 0 Å². The Balaban J connectivity index is 1.49. The van der Waals surface area contributed by atoms with Crippen LogP contribution in [0.5, 0.6) is 0 Å². The number of carbonyl (C=O) groups is 1. The molecule has 0 bridgehead atoms. The number of rotatable bonds is 3. The Morgan fingerprint density at radius 3 is 2.59 bits per heavy atom. The third-order valence-electron chi connectivity index (χ3n) is 5.28. The maximum Gasteiger partial charge on any atom is 0.420 e. The number of carbonyl (C=O) groups excluding carboxylic acids is 1. The fourth-order valence-electron chi connectivity index (χ4n) is 3.67. The second-order valence-electron chi connectivity index (χ2n) is 7.19. The van der Waals surface area contributed by atoms with E-state index in [1.165, 1.54) is 30.1 Å². The molecule has 12 heteroatoms. The van der Waals surface area contributed by atoms with Crippen LogP contribution in [0, 0.1) is 0 Å². The zero-order valence-electron chi connectivity index (χ0n) is 16.3. The van der Waals surface area contributed by atoms with E-state index in [0.29, 0.717) is 31.7 Å². The van der Waals surface area contributed by atoms with E-state index in [1.54, 1.807) is 17.2 Å². The topological polar surface area (TPSA) is 66.9 Å².